The molecule has 0 atom stereocenters. The van der Waals surface area contributed by atoms with Gasteiger partial charge >= 0.3 is 6.09 Å². The van der Waals surface area contributed by atoms with E-state index >= 15 is 0 Å². The van der Waals surface area contributed by atoms with Gasteiger partial charge in [-0.05, 0) is 38.5 Å². The quantitative estimate of drug-likeness (QED) is 0.941. The van der Waals surface area contributed by atoms with Crippen molar-refractivity contribution in [2.24, 2.45) is 0 Å². The van der Waals surface area contributed by atoms with Gasteiger partial charge in [0.25, 0.3) is 0 Å². The second kappa shape index (κ2) is 6.51. The van der Waals surface area contributed by atoms with Crippen LogP contribution in [0.3, 0.4) is 0 Å². The van der Waals surface area contributed by atoms with Crippen LogP contribution in [0.5, 0.6) is 5.75 Å². The van der Waals surface area contributed by atoms with E-state index in [0.29, 0.717) is 12.2 Å². The minimum absolute atomic E-state index is 0.489. The summed E-state index contributed by atoms with van der Waals surface area (Å²) in [6.45, 7) is 6.07. The second-order valence-corrected chi connectivity index (χ2v) is 5.90. The Morgan fingerprint density at radius 1 is 1.27 bits per heavy atom. The molecule has 6 nitrogen and oxygen atoms in total. The van der Waals surface area contributed by atoms with Crippen LogP contribution in [0.15, 0.2) is 36.7 Å². The maximum atomic E-state index is 11.7. The number of nitrogens with one attached hydrogen (secondary N) is 1. The molecule has 0 aliphatic rings. The third-order valence-electron chi connectivity index (χ3n) is 2.78. The van der Waals surface area contributed by atoms with Gasteiger partial charge in [0.2, 0.25) is 0 Å². The highest BCUT2D eigenvalue weighted by Gasteiger charge is 2.16. The molecule has 0 unspecified atom stereocenters. The smallest absolute Gasteiger partial charge is 0.412 e. The van der Waals surface area contributed by atoms with Gasteiger partial charge in [0.15, 0.2) is 0 Å². The monoisotopic (exact) mass is 303 g/mol. The zero-order valence-corrected chi connectivity index (χ0v) is 13.3. The summed E-state index contributed by atoms with van der Waals surface area (Å²) in [6, 6.07) is 7.75. The molecule has 6 heteroatoms. The number of aromatic nitrogens is 2. The Balaban J connectivity index is 1.94. The number of anilines is 1. The molecule has 1 aromatic carbocycles. The lowest BCUT2D eigenvalue weighted by Crippen LogP contribution is -2.27. The summed E-state index contributed by atoms with van der Waals surface area (Å²) in [4.78, 5) is 11.7. The van der Waals surface area contributed by atoms with Crippen molar-refractivity contribution in [2.75, 3.05) is 12.4 Å². The molecule has 2 aromatic rings. The van der Waals surface area contributed by atoms with E-state index in [1.165, 1.54) is 0 Å². The highest BCUT2D eigenvalue weighted by atomic mass is 16.6. The summed E-state index contributed by atoms with van der Waals surface area (Å²) in [5, 5.41) is 6.88. The SMILES string of the molecule is COc1ccc(Cn2cc(NC(=O)OC(C)(C)C)cn2)cc1. The molecule has 0 aliphatic carbocycles. The Morgan fingerprint density at radius 2 is 1.95 bits per heavy atom. The summed E-state index contributed by atoms with van der Waals surface area (Å²) >= 11 is 0. The molecule has 0 aliphatic heterocycles. The van der Waals surface area contributed by atoms with Crippen LogP contribution in [0.4, 0.5) is 10.5 Å². The predicted octanol–water partition coefficient (Wildman–Crippen LogP) is 3.29. The molecule has 0 radical (unpaired) electrons. The highest BCUT2D eigenvalue weighted by molar-refractivity contribution is 5.84. The number of ether oxygens (including phenoxy) is 2. The summed E-state index contributed by atoms with van der Waals surface area (Å²) in [5.41, 5.74) is 1.17. The van der Waals surface area contributed by atoms with Crippen molar-refractivity contribution < 1.29 is 14.3 Å². The highest BCUT2D eigenvalue weighted by Crippen LogP contribution is 2.14. The maximum Gasteiger partial charge on any atom is 0.412 e. The van der Waals surface area contributed by atoms with E-state index in [1.54, 1.807) is 24.2 Å². The van der Waals surface area contributed by atoms with Crippen LogP contribution >= 0.6 is 0 Å². The molecule has 1 N–H and O–H groups in total. The van der Waals surface area contributed by atoms with Crippen molar-refractivity contribution in [3.8, 4) is 5.75 Å². The van der Waals surface area contributed by atoms with Crippen molar-refractivity contribution in [2.45, 2.75) is 32.9 Å². The fourth-order valence-electron chi connectivity index (χ4n) is 1.85. The normalized spacial score (nSPS) is 11.1. The van der Waals surface area contributed by atoms with E-state index < -0.39 is 11.7 Å². The summed E-state index contributed by atoms with van der Waals surface area (Å²) in [5.74, 6) is 0.816. The molecule has 0 spiro atoms. The van der Waals surface area contributed by atoms with Crippen LogP contribution in [0.25, 0.3) is 0 Å². The van der Waals surface area contributed by atoms with E-state index in [-0.39, 0.29) is 0 Å². The van der Waals surface area contributed by atoms with Gasteiger partial charge in [0, 0.05) is 6.20 Å². The van der Waals surface area contributed by atoms with Crippen molar-refractivity contribution in [1.82, 2.24) is 9.78 Å². The van der Waals surface area contributed by atoms with Crippen LogP contribution in [-0.4, -0.2) is 28.6 Å². The van der Waals surface area contributed by atoms with Crippen molar-refractivity contribution in [1.29, 1.82) is 0 Å². The van der Waals surface area contributed by atoms with Gasteiger partial charge < -0.3 is 9.47 Å². The number of hydrogen-bond acceptors (Lipinski definition) is 4. The molecule has 1 aromatic heterocycles. The van der Waals surface area contributed by atoms with E-state index in [0.717, 1.165) is 11.3 Å². The number of benzene rings is 1. The van der Waals surface area contributed by atoms with Gasteiger partial charge in [-0.2, -0.15) is 5.10 Å². The third-order valence-corrected chi connectivity index (χ3v) is 2.78. The number of carbonyl (C=O) groups excluding carboxylic acids is 1. The number of amides is 1. The number of methoxy groups -OCH3 is 1. The second-order valence-electron chi connectivity index (χ2n) is 5.90. The van der Waals surface area contributed by atoms with Gasteiger partial charge in [0.05, 0.1) is 25.5 Å². The van der Waals surface area contributed by atoms with Gasteiger partial charge in [-0.15, -0.1) is 0 Å². The Hall–Kier alpha value is -2.50. The Morgan fingerprint density at radius 3 is 2.55 bits per heavy atom. The standard InChI is InChI=1S/C16H21N3O3/c1-16(2,3)22-15(20)18-13-9-17-19(11-13)10-12-5-7-14(21-4)8-6-12/h5-9,11H,10H2,1-4H3,(H,18,20). The largest absolute Gasteiger partial charge is 0.497 e. The summed E-state index contributed by atoms with van der Waals surface area (Å²) in [6.07, 6.45) is 2.86. The molecular weight excluding hydrogens is 282 g/mol. The molecule has 0 fully saturated rings. The van der Waals surface area contributed by atoms with Crippen molar-refractivity contribution in [3.63, 3.8) is 0 Å². The summed E-state index contributed by atoms with van der Waals surface area (Å²) in [7, 11) is 1.64. The fraction of sp³-hybridized carbons (Fsp3) is 0.375. The van der Waals surface area contributed by atoms with E-state index in [1.807, 2.05) is 45.0 Å². The Kier molecular flexibility index (Phi) is 4.70. The van der Waals surface area contributed by atoms with Crippen LogP contribution in [0.2, 0.25) is 0 Å². The molecule has 118 valence electrons. The first-order valence-corrected chi connectivity index (χ1v) is 7.01. The lowest BCUT2D eigenvalue weighted by Gasteiger charge is -2.19. The van der Waals surface area contributed by atoms with Crippen molar-refractivity contribution >= 4 is 11.8 Å². The van der Waals surface area contributed by atoms with Crippen LogP contribution in [0.1, 0.15) is 26.3 Å². The Labute approximate surface area is 130 Å². The number of carbonyl (C=O) groups is 1. The summed E-state index contributed by atoms with van der Waals surface area (Å²) < 4.78 is 12.1. The number of rotatable bonds is 4. The zero-order chi connectivity index (χ0) is 16.2. The van der Waals surface area contributed by atoms with E-state index in [9.17, 15) is 4.79 Å². The number of hydrogen-bond donors (Lipinski definition) is 1. The van der Waals surface area contributed by atoms with Crippen molar-refractivity contribution in [3.05, 3.63) is 42.2 Å². The van der Waals surface area contributed by atoms with Crippen LogP contribution < -0.4 is 10.1 Å². The van der Waals surface area contributed by atoms with Gasteiger partial charge in [-0.3, -0.25) is 10.00 Å². The fourth-order valence-corrected chi connectivity index (χ4v) is 1.85. The first-order chi connectivity index (χ1) is 10.4. The molecule has 1 heterocycles. The lowest BCUT2D eigenvalue weighted by molar-refractivity contribution is 0.0636. The molecule has 0 bridgehead atoms. The van der Waals surface area contributed by atoms with Crippen LogP contribution in [0, 0.1) is 0 Å². The van der Waals surface area contributed by atoms with Gasteiger partial charge in [0.1, 0.15) is 11.4 Å². The molecular formula is C16H21N3O3. The molecule has 1 amide bonds. The zero-order valence-electron chi connectivity index (χ0n) is 13.3. The first kappa shape index (κ1) is 15.9. The predicted molar refractivity (Wildman–Crippen MR) is 84.2 cm³/mol. The van der Waals surface area contributed by atoms with E-state index in [4.69, 9.17) is 9.47 Å². The molecule has 0 saturated heterocycles. The third kappa shape index (κ3) is 4.80. The molecule has 22 heavy (non-hydrogen) atoms. The van der Waals surface area contributed by atoms with Gasteiger partial charge in [-0.25, -0.2) is 4.79 Å². The Bertz CT molecular complexity index is 627. The average Bonchev–Trinajstić information content (AvgIpc) is 2.84. The molecule has 2 rings (SSSR count). The topological polar surface area (TPSA) is 65.4 Å². The van der Waals surface area contributed by atoms with Gasteiger partial charge in [-0.1, -0.05) is 12.1 Å². The minimum Gasteiger partial charge on any atom is -0.497 e. The average molecular weight is 303 g/mol. The lowest BCUT2D eigenvalue weighted by atomic mass is 10.2. The number of nitrogens with zero attached hydrogens (tertiary/aromatic N) is 2. The maximum absolute atomic E-state index is 11.7. The minimum atomic E-state index is -0.525. The van der Waals surface area contributed by atoms with E-state index in [2.05, 4.69) is 10.4 Å². The van der Waals surface area contributed by atoms with Crippen LogP contribution in [-0.2, 0) is 11.3 Å². The molecule has 0 saturated carbocycles. The first-order valence-electron chi connectivity index (χ1n) is 7.01.